The molecule has 6 heteroatoms. The lowest BCUT2D eigenvalue weighted by Crippen LogP contribution is -2.03. The molecule has 3 nitrogen and oxygen atoms in total. The summed E-state index contributed by atoms with van der Waals surface area (Å²) in [7, 11) is 0. The zero-order valence-corrected chi connectivity index (χ0v) is 9.36. The van der Waals surface area contributed by atoms with Crippen molar-refractivity contribution in [2.75, 3.05) is 0 Å². The van der Waals surface area contributed by atoms with Gasteiger partial charge in [-0.3, -0.25) is 0 Å². The molecule has 0 aliphatic carbocycles. The molecule has 0 amide bonds. The van der Waals surface area contributed by atoms with Crippen molar-refractivity contribution in [3.63, 3.8) is 0 Å². The van der Waals surface area contributed by atoms with Crippen molar-refractivity contribution >= 4 is 5.97 Å². The maximum Gasteiger partial charge on any atom is 0.342 e. The van der Waals surface area contributed by atoms with E-state index in [4.69, 9.17) is 9.84 Å². The van der Waals surface area contributed by atoms with Gasteiger partial charge in [0.15, 0.2) is 0 Å². The summed E-state index contributed by atoms with van der Waals surface area (Å²) in [5.41, 5.74) is -0.702. The summed E-state index contributed by atoms with van der Waals surface area (Å²) >= 11 is 0. The Kier molecular flexibility index (Phi) is 3.41. The van der Waals surface area contributed by atoms with Crippen LogP contribution in [0.2, 0.25) is 0 Å². The van der Waals surface area contributed by atoms with Gasteiger partial charge in [-0.15, -0.1) is 0 Å². The largest absolute Gasteiger partial charge is 0.477 e. The number of benzene rings is 2. The van der Waals surface area contributed by atoms with Gasteiger partial charge in [0.1, 0.15) is 34.5 Å². The van der Waals surface area contributed by atoms with Crippen LogP contribution >= 0.6 is 0 Å². The molecular weight excluding hydrogens is 261 g/mol. The van der Waals surface area contributed by atoms with E-state index in [9.17, 15) is 18.0 Å². The molecule has 0 saturated heterocycles. The van der Waals surface area contributed by atoms with Gasteiger partial charge < -0.3 is 9.84 Å². The Morgan fingerprint density at radius 3 is 2.26 bits per heavy atom. The molecule has 0 aliphatic heterocycles. The fourth-order valence-electron chi connectivity index (χ4n) is 1.51. The molecule has 98 valence electrons. The number of carboxylic acids is 1. The molecule has 0 aromatic heterocycles. The van der Waals surface area contributed by atoms with E-state index < -0.39 is 29.0 Å². The lowest BCUT2D eigenvalue weighted by Gasteiger charge is -2.09. The second-order valence-electron chi connectivity index (χ2n) is 3.63. The van der Waals surface area contributed by atoms with Gasteiger partial charge in [0.2, 0.25) is 0 Å². The van der Waals surface area contributed by atoms with Crippen LogP contribution < -0.4 is 4.74 Å². The summed E-state index contributed by atoms with van der Waals surface area (Å²) in [6.07, 6.45) is 0. The second-order valence-corrected chi connectivity index (χ2v) is 3.63. The van der Waals surface area contributed by atoms with Crippen molar-refractivity contribution in [2.24, 2.45) is 0 Å². The predicted octanol–water partition coefficient (Wildman–Crippen LogP) is 3.59. The van der Waals surface area contributed by atoms with E-state index in [0.717, 1.165) is 18.2 Å². The van der Waals surface area contributed by atoms with E-state index in [-0.39, 0.29) is 11.5 Å². The van der Waals surface area contributed by atoms with Gasteiger partial charge in [-0.25, -0.2) is 18.0 Å². The molecule has 0 fully saturated rings. The molecule has 2 aromatic rings. The standard InChI is InChI=1S/C13H7F3O3/c14-7-4-8(15)6-9(5-7)19-11-3-1-2-10(16)12(11)13(17)18/h1-6H,(H,17,18). The van der Waals surface area contributed by atoms with Crippen LogP contribution in [0.5, 0.6) is 11.5 Å². The van der Waals surface area contributed by atoms with Crippen LogP contribution in [0, 0.1) is 17.5 Å². The predicted molar refractivity (Wildman–Crippen MR) is 59.8 cm³/mol. The zero-order valence-electron chi connectivity index (χ0n) is 9.36. The molecule has 0 aliphatic rings. The van der Waals surface area contributed by atoms with Gasteiger partial charge in [-0.2, -0.15) is 0 Å². The molecule has 0 spiro atoms. The molecule has 0 unspecified atom stereocenters. The van der Waals surface area contributed by atoms with Crippen LogP contribution in [-0.2, 0) is 0 Å². The third-order valence-electron chi connectivity index (χ3n) is 2.25. The first kappa shape index (κ1) is 12.9. The fourth-order valence-corrected chi connectivity index (χ4v) is 1.51. The molecule has 19 heavy (non-hydrogen) atoms. The summed E-state index contributed by atoms with van der Waals surface area (Å²) in [5, 5.41) is 8.87. The molecule has 0 bridgehead atoms. The van der Waals surface area contributed by atoms with Crippen LogP contribution in [0.4, 0.5) is 13.2 Å². The Balaban J connectivity index is 2.43. The number of carboxylic acid groups (broad SMARTS) is 1. The highest BCUT2D eigenvalue weighted by Gasteiger charge is 2.17. The topological polar surface area (TPSA) is 46.5 Å². The number of halogens is 3. The number of ether oxygens (including phenoxy) is 1. The Labute approximate surface area is 105 Å². The Morgan fingerprint density at radius 2 is 1.68 bits per heavy atom. The summed E-state index contributed by atoms with van der Waals surface area (Å²) < 4.78 is 44.3. The quantitative estimate of drug-likeness (QED) is 0.925. The van der Waals surface area contributed by atoms with Crippen LogP contribution in [0.15, 0.2) is 36.4 Å². The number of hydrogen-bond acceptors (Lipinski definition) is 2. The van der Waals surface area contributed by atoms with E-state index in [2.05, 4.69) is 0 Å². The molecule has 0 atom stereocenters. The SMILES string of the molecule is O=C(O)c1c(F)cccc1Oc1cc(F)cc(F)c1. The first-order valence-corrected chi connectivity index (χ1v) is 5.13. The van der Waals surface area contributed by atoms with Gasteiger partial charge in [0.05, 0.1) is 0 Å². The van der Waals surface area contributed by atoms with Crippen molar-refractivity contribution in [1.29, 1.82) is 0 Å². The van der Waals surface area contributed by atoms with E-state index in [1.54, 1.807) is 0 Å². The number of carbonyl (C=O) groups is 1. The van der Waals surface area contributed by atoms with Crippen LogP contribution in [-0.4, -0.2) is 11.1 Å². The lowest BCUT2D eigenvalue weighted by atomic mass is 10.2. The molecule has 2 rings (SSSR count). The van der Waals surface area contributed by atoms with E-state index in [0.29, 0.717) is 6.07 Å². The average molecular weight is 268 g/mol. The maximum absolute atomic E-state index is 13.4. The summed E-state index contributed by atoms with van der Waals surface area (Å²) in [5.74, 6) is -4.90. The number of rotatable bonds is 3. The van der Waals surface area contributed by atoms with Crippen molar-refractivity contribution in [3.05, 3.63) is 59.4 Å². The van der Waals surface area contributed by atoms with Crippen LogP contribution in [0.3, 0.4) is 0 Å². The van der Waals surface area contributed by atoms with Gasteiger partial charge in [-0.1, -0.05) is 6.07 Å². The summed E-state index contributed by atoms with van der Waals surface area (Å²) in [6.45, 7) is 0. The normalized spacial score (nSPS) is 10.3. The zero-order chi connectivity index (χ0) is 14.0. The second kappa shape index (κ2) is 5.01. The smallest absolute Gasteiger partial charge is 0.342 e. The van der Waals surface area contributed by atoms with Gasteiger partial charge in [0.25, 0.3) is 0 Å². The van der Waals surface area contributed by atoms with E-state index >= 15 is 0 Å². The molecule has 0 radical (unpaired) electrons. The van der Waals surface area contributed by atoms with Gasteiger partial charge in [-0.05, 0) is 12.1 Å². The molecule has 1 N–H and O–H groups in total. The maximum atomic E-state index is 13.4. The van der Waals surface area contributed by atoms with E-state index in [1.165, 1.54) is 12.1 Å². The third kappa shape index (κ3) is 2.85. The number of aromatic carboxylic acids is 1. The molecule has 0 saturated carbocycles. The van der Waals surface area contributed by atoms with Crippen LogP contribution in [0.1, 0.15) is 10.4 Å². The number of hydrogen-bond donors (Lipinski definition) is 1. The Morgan fingerprint density at radius 1 is 1.05 bits per heavy atom. The highest BCUT2D eigenvalue weighted by molar-refractivity contribution is 5.91. The van der Waals surface area contributed by atoms with E-state index in [1.807, 2.05) is 0 Å². The van der Waals surface area contributed by atoms with Crippen molar-refractivity contribution in [3.8, 4) is 11.5 Å². The average Bonchev–Trinajstić information content (AvgIpc) is 2.26. The lowest BCUT2D eigenvalue weighted by molar-refractivity contribution is 0.0689. The van der Waals surface area contributed by atoms with Crippen molar-refractivity contribution in [2.45, 2.75) is 0 Å². The van der Waals surface area contributed by atoms with Gasteiger partial charge >= 0.3 is 5.97 Å². The molecule has 2 aromatic carbocycles. The first-order valence-electron chi connectivity index (χ1n) is 5.13. The highest BCUT2D eigenvalue weighted by Crippen LogP contribution is 2.28. The first-order chi connectivity index (χ1) is 8.97. The molecular formula is C13H7F3O3. The Bertz CT molecular complexity index is 621. The minimum atomic E-state index is -1.54. The molecule has 0 heterocycles. The summed E-state index contributed by atoms with van der Waals surface area (Å²) in [6, 6.07) is 5.72. The minimum absolute atomic E-state index is 0.259. The van der Waals surface area contributed by atoms with Crippen LogP contribution in [0.25, 0.3) is 0 Å². The fraction of sp³-hybridized carbons (Fsp3) is 0. The monoisotopic (exact) mass is 268 g/mol. The highest BCUT2D eigenvalue weighted by atomic mass is 19.1. The minimum Gasteiger partial charge on any atom is -0.477 e. The van der Waals surface area contributed by atoms with Crippen molar-refractivity contribution in [1.82, 2.24) is 0 Å². The van der Waals surface area contributed by atoms with Crippen molar-refractivity contribution < 1.29 is 27.8 Å². The third-order valence-corrected chi connectivity index (χ3v) is 2.25. The van der Waals surface area contributed by atoms with Gasteiger partial charge in [0, 0.05) is 18.2 Å². The Hall–Kier alpha value is -2.50. The summed E-state index contributed by atoms with van der Waals surface area (Å²) in [4.78, 5) is 10.9.